The van der Waals surface area contributed by atoms with E-state index in [9.17, 15) is 4.79 Å². The monoisotopic (exact) mass is 289 g/mol. The van der Waals surface area contributed by atoms with Gasteiger partial charge in [-0.3, -0.25) is 4.79 Å². The standard InChI is InChI=1S/C11H19N3O2S2/c1-5-12-11(3,9(15)16-4)6-7-17-10-14-13-8(2)18-10/h12H,5-7H2,1-4H3. The Morgan fingerprint density at radius 3 is 2.78 bits per heavy atom. The lowest BCUT2D eigenvalue weighted by Crippen LogP contribution is -2.50. The molecular formula is C11H19N3O2S2. The zero-order valence-electron chi connectivity index (χ0n) is 11.1. The first-order valence-corrected chi connectivity index (χ1v) is 7.58. The van der Waals surface area contributed by atoms with Crippen molar-refractivity contribution in [2.24, 2.45) is 0 Å². The third kappa shape index (κ3) is 4.22. The van der Waals surface area contributed by atoms with Crippen LogP contribution >= 0.6 is 23.1 Å². The quantitative estimate of drug-likeness (QED) is 0.611. The molecule has 0 fully saturated rings. The Morgan fingerprint density at radius 2 is 2.28 bits per heavy atom. The molecule has 0 saturated heterocycles. The molecule has 7 heteroatoms. The van der Waals surface area contributed by atoms with Crippen LogP contribution in [0.25, 0.3) is 0 Å². The van der Waals surface area contributed by atoms with Gasteiger partial charge in [-0.15, -0.1) is 10.2 Å². The lowest BCUT2D eigenvalue weighted by molar-refractivity contribution is -0.147. The van der Waals surface area contributed by atoms with E-state index in [4.69, 9.17) is 4.74 Å². The molecule has 0 aliphatic rings. The molecule has 1 heterocycles. The fourth-order valence-corrected chi connectivity index (χ4v) is 3.60. The van der Waals surface area contributed by atoms with Crippen LogP contribution in [0.3, 0.4) is 0 Å². The summed E-state index contributed by atoms with van der Waals surface area (Å²) in [5, 5.41) is 12.1. The van der Waals surface area contributed by atoms with Gasteiger partial charge in [-0.25, -0.2) is 0 Å². The molecule has 0 radical (unpaired) electrons. The number of nitrogens with zero attached hydrogens (tertiary/aromatic N) is 2. The minimum absolute atomic E-state index is 0.224. The van der Waals surface area contributed by atoms with E-state index in [0.717, 1.165) is 21.6 Å². The summed E-state index contributed by atoms with van der Waals surface area (Å²) in [6, 6.07) is 0. The largest absolute Gasteiger partial charge is 0.468 e. The van der Waals surface area contributed by atoms with Crippen LogP contribution in [-0.2, 0) is 9.53 Å². The molecule has 0 aliphatic heterocycles. The number of ether oxygens (including phenoxy) is 1. The summed E-state index contributed by atoms with van der Waals surface area (Å²) in [7, 11) is 1.42. The molecule has 1 aromatic rings. The molecule has 0 saturated carbocycles. The van der Waals surface area contributed by atoms with Gasteiger partial charge in [0.05, 0.1) is 7.11 Å². The van der Waals surface area contributed by atoms with Gasteiger partial charge in [-0.05, 0) is 26.8 Å². The van der Waals surface area contributed by atoms with E-state index in [1.807, 2.05) is 20.8 Å². The first-order chi connectivity index (χ1) is 8.51. The van der Waals surface area contributed by atoms with Gasteiger partial charge in [0.1, 0.15) is 10.5 Å². The molecule has 1 unspecified atom stereocenters. The number of nitrogens with one attached hydrogen (secondary N) is 1. The number of aryl methyl sites for hydroxylation is 1. The number of rotatable bonds is 7. The highest BCUT2D eigenvalue weighted by Crippen LogP contribution is 2.25. The molecule has 1 aromatic heterocycles. The maximum atomic E-state index is 11.8. The highest BCUT2D eigenvalue weighted by Gasteiger charge is 2.32. The summed E-state index contributed by atoms with van der Waals surface area (Å²) < 4.78 is 5.78. The van der Waals surface area contributed by atoms with Crippen LogP contribution in [0.1, 0.15) is 25.3 Å². The van der Waals surface area contributed by atoms with Gasteiger partial charge in [-0.1, -0.05) is 30.0 Å². The third-order valence-corrected chi connectivity index (χ3v) is 4.51. The van der Waals surface area contributed by atoms with Gasteiger partial charge in [-0.2, -0.15) is 0 Å². The van der Waals surface area contributed by atoms with Gasteiger partial charge in [0.2, 0.25) is 0 Å². The minimum Gasteiger partial charge on any atom is -0.468 e. The van der Waals surface area contributed by atoms with Crippen molar-refractivity contribution < 1.29 is 9.53 Å². The molecular weight excluding hydrogens is 270 g/mol. The van der Waals surface area contributed by atoms with Gasteiger partial charge < -0.3 is 10.1 Å². The highest BCUT2D eigenvalue weighted by atomic mass is 32.2. The molecule has 5 nitrogen and oxygen atoms in total. The van der Waals surface area contributed by atoms with Gasteiger partial charge in [0.15, 0.2) is 4.34 Å². The van der Waals surface area contributed by atoms with Crippen molar-refractivity contribution in [2.75, 3.05) is 19.4 Å². The van der Waals surface area contributed by atoms with E-state index < -0.39 is 5.54 Å². The number of hydrogen-bond acceptors (Lipinski definition) is 7. The Kier molecular flexibility index (Phi) is 6.04. The number of aromatic nitrogens is 2. The fraction of sp³-hybridized carbons (Fsp3) is 0.727. The molecule has 1 atom stereocenters. The van der Waals surface area contributed by atoms with E-state index in [2.05, 4.69) is 15.5 Å². The summed E-state index contributed by atoms with van der Waals surface area (Å²) in [6.07, 6.45) is 0.691. The van der Waals surface area contributed by atoms with Crippen molar-refractivity contribution in [3.8, 4) is 0 Å². The number of hydrogen-bond donors (Lipinski definition) is 1. The lowest BCUT2D eigenvalue weighted by atomic mass is 9.99. The summed E-state index contributed by atoms with van der Waals surface area (Å²) in [5.41, 5.74) is -0.629. The second kappa shape index (κ2) is 7.06. The molecule has 0 amide bonds. The number of likely N-dealkylation sites (N-methyl/N-ethyl adjacent to an activating group) is 1. The molecule has 0 aromatic carbocycles. The third-order valence-electron chi connectivity index (χ3n) is 2.54. The SMILES string of the molecule is CCNC(C)(CCSc1nnc(C)s1)C(=O)OC. The second-order valence-electron chi connectivity index (χ2n) is 4.04. The lowest BCUT2D eigenvalue weighted by Gasteiger charge is -2.27. The molecule has 0 aliphatic carbocycles. The number of esters is 1. The van der Waals surface area contributed by atoms with E-state index in [1.54, 1.807) is 23.1 Å². The fourth-order valence-electron chi connectivity index (χ4n) is 1.56. The minimum atomic E-state index is -0.629. The zero-order valence-corrected chi connectivity index (χ0v) is 12.8. The first kappa shape index (κ1) is 15.4. The van der Waals surface area contributed by atoms with Crippen molar-refractivity contribution in [3.63, 3.8) is 0 Å². The number of carbonyl (C=O) groups excluding carboxylic acids is 1. The maximum Gasteiger partial charge on any atom is 0.325 e. The molecule has 0 spiro atoms. The van der Waals surface area contributed by atoms with Gasteiger partial charge in [0, 0.05) is 5.75 Å². The van der Waals surface area contributed by atoms with Crippen molar-refractivity contribution in [2.45, 2.75) is 37.1 Å². The Balaban J connectivity index is 2.49. The van der Waals surface area contributed by atoms with Crippen molar-refractivity contribution >= 4 is 29.1 Å². The maximum absolute atomic E-state index is 11.8. The summed E-state index contributed by atoms with van der Waals surface area (Å²) in [5.74, 6) is 0.575. The molecule has 102 valence electrons. The molecule has 0 bridgehead atoms. The summed E-state index contributed by atoms with van der Waals surface area (Å²) in [4.78, 5) is 11.8. The Morgan fingerprint density at radius 1 is 1.56 bits per heavy atom. The van der Waals surface area contributed by atoms with Crippen molar-refractivity contribution in [3.05, 3.63) is 5.01 Å². The van der Waals surface area contributed by atoms with E-state index in [-0.39, 0.29) is 5.97 Å². The van der Waals surface area contributed by atoms with Crippen LogP contribution < -0.4 is 5.32 Å². The Bertz CT molecular complexity index is 397. The van der Waals surface area contributed by atoms with E-state index >= 15 is 0 Å². The van der Waals surface area contributed by atoms with Crippen molar-refractivity contribution in [1.29, 1.82) is 0 Å². The second-order valence-corrected chi connectivity index (χ2v) is 6.56. The highest BCUT2D eigenvalue weighted by molar-refractivity contribution is 8.01. The van der Waals surface area contributed by atoms with Gasteiger partial charge in [0.25, 0.3) is 0 Å². The summed E-state index contributed by atoms with van der Waals surface area (Å²) in [6.45, 7) is 6.50. The smallest absolute Gasteiger partial charge is 0.325 e. The molecule has 18 heavy (non-hydrogen) atoms. The van der Waals surface area contributed by atoms with Crippen LogP contribution in [0.15, 0.2) is 4.34 Å². The van der Waals surface area contributed by atoms with E-state index in [0.29, 0.717) is 6.42 Å². The Labute approximate surface area is 116 Å². The number of methoxy groups -OCH3 is 1. The molecule has 1 N–H and O–H groups in total. The first-order valence-electron chi connectivity index (χ1n) is 5.78. The van der Waals surface area contributed by atoms with Crippen LogP contribution in [0.2, 0.25) is 0 Å². The average Bonchev–Trinajstić information content (AvgIpc) is 2.74. The van der Waals surface area contributed by atoms with Crippen LogP contribution in [0.4, 0.5) is 0 Å². The van der Waals surface area contributed by atoms with Crippen LogP contribution in [-0.4, -0.2) is 41.1 Å². The summed E-state index contributed by atoms with van der Waals surface area (Å²) >= 11 is 3.19. The normalized spacial score (nSPS) is 14.2. The van der Waals surface area contributed by atoms with Crippen LogP contribution in [0, 0.1) is 6.92 Å². The van der Waals surface area contributed by atoms with Crippen LogP contribution in [0.5, 0.6) is 0 Å². The zero-order chi connectivity index (χ0) is 13.6. The van der Waals surface area contributed by atoms with Gasteiger partial charge >= 0.3 is 5.97 Å². The number of carbonyl (C=O) groups is 1. The molecule has 1 rings (SSSR count). The predicted molar refractivity (Wildman–Crippen MR) is 74.1 cm³/mol. The van der Waals surface area contributed by atoms with E-state index in [1.165, 1.54) is 7.11 Å². The Hall–Kier alpha value is -0.660. The number of thioether (sulfide) groups is 1. The van der Waals surface area contributed by atoms with Crippen molar-refractivity contribution in [1.82, 2.24) is 15.5 Å². The topological polar surface area (TPSA) is 64.1 Å². The predicted octanol–water partition coefficient (Wildman–Crippen LogP) is 1.87. The average molecular weight is 289 g/mol.